The molecular formula is C16H15ClF2O. The van der Waals surface area contributed by atoms with Gasteiger partial charge in [0.15, 0.2) is 0 Å². The maximum Gasteiger partial charge on any atom is 0.126 e. The van der Waals surface area contributed by atoms with E-state index in [1.165, 1.54) is 30.3 Å². The Hall–Kier alpha value is -1.45. The Kier molecular flexibility index (Phi) is 4.41. The summed E-state index contributed by atoms with van der Waals surface area (Å²) in [5.41, 5.74) is 0.0204. The van der Waals surface area contributed by atoms with Crippen molar-refractivity contribution in [2.45, 2.75) is 25.4 Å². The van der Waals surface area contributed by atoms with E-state index >= 15 is 0 Å². The third-order valence-corrected chi connectivity index (χ3v) is 3.31. The van der Waals surface area contributed by atoms with Crippen LogP contribution in [0.4, 0.5) is 8.78 Å². The molecule has 106 valence electrons. The second-order valence-corrected chi connectivity index (χ2v) is 5.65. The van der Waals surface area contributed by atoms with Crippen LogP contribution in [0.1, 0.15) is 18.1 Å². The van der Waals surface area contributed by atoms with E-state index in [1.807, 2.05) is 0 Å². The molecule has 0 aliphatic heterocycles. The molecule has 0 saturated carbocycles. The van der Waals surface area contributed by atoms with Crippen LogP contribution in [-0.2, 0) is 12.8 Å². The highest BCUT2D eigenvalue weighted by Gasteiger charge is 2.23. The van der Waals surface area contributed by atoms with Crippen molar-refractivity contribution in [1.29, 1.82) is 0 Å². The third-order valence-electron chi connectivity index (χ3n) is 3.08. The zero-order valence-corrected chi connectivity index (χ0v) is 11.8. The second-order valence-electron chi connectivity index (χ2n) is 5.21. The molecule has 2 aromatic rings. The molecule has 0 spiro atoms. The van der Waals surface area contributed by atoms with Crippen LogP contribution in [0.15, 0.2) is 42.5 Å². The van der Waals surface area contributed by atoms with Crippen molar-refractivity contribution in [1.82, 2.24) is 0 Å². The van der Waals surface area contributed by atoms with Crippen molar-refractivity contribution in [2.75, 3.05) is 0 Å². The first-order valence-electron chi connectivity index (χ1n) is 6.26. The minimum atomic E-state index is -1.14. The van der Waals surface area contributed by atoms with Crippen LogP contribution < -0.4 is 0 Å². The van der Waals surface area contributed by atoms with Gasteiger partial charge in [0, 0.05) is 17.9 Å². The Morgan fingerprint density at radius 2 is 1.70 bits per heavy atom. The van der Waals surface area contributed by atoms with E-state index in [4.69, 9.17) is 11.6 Å². The smallest absolute Gasteiger partial charge is 0.126 e. The summed E-state index contributed by atoms with van der Waals surface area (Å²) in [7, 11) is 0. The lowest BCUT2D eigenvalue weighted by atomic mass is 9.89. The van der Waals surface area contributed by atoms with E-state index in [1.54, 1.807) is 19.1 Å². The number of aliphatic hydroxyl groups is 1. The molecule has 0 fully saturated rings. The fourth-order valence-electron chi connectivity index (χ4n) is 2.19. The van der Waals surface area contributed by atoms with Gasteiger partial charge < -0.3 is 5.11 Å². The zero-order chi connectivity index (χ0) is 14.8. The third kappa shape index (κ3) is 4.02. The second kappa shape index (κ2) is 5.90. The molecule has 1 N–H and O–H groups in total. The van der Waals surface area contributed by atoms with E-state index in [-0.39, 0.29) is 12.2 Å². The predicted octanol–water partition coefficient (Wildman–Crippen LogP) is 4.15. The summed E-state index contributed by atoms with van der Waals surface area (Å²) < 4.78 is 26.5. The van der Waals surface area contributed by atoms with Crippen molar-refractivity contribution < 1.29 is 13.9 Å². The maximum atomic E-state index is 13.7. The minimum Gasteiger partial charge on any atom is -0.389 e. The van der Waals surface area contributed by atoms with Crippen LogP contribution in [0.2, 0.25) is 5.02 Å². The molecule has 2 rings (SSSR count). The standard InChI is InChI=1S/C16H15ClF2O/c1-16(20,9-11-2-5-14(18)6-3-11)10-12-8-13(17)4-7-15(12)19/h2-8,20H,9-10H2,1H3. The van der Waals surface area contributed by atoms with Crippen molar-refractivity contribution in [3.63, 3.8) is 0 Å². The largest absolute Gasteiger partial charge is 0.389 e. The lowest BCUT2D eigenvalue weighted by Crippen LogP contribution is -2.30. The summed E-state index contributed by atoms with van der Waals surface area (Å²) in [6.07, 6.45) is 0.440. The van der Waals surface area contributed by atoms with Gasteiger partial charge in [0.1, 0.15) is 11.6 Å². The minimum absolute atomic E-state index is 0.136. The van der Waals surface area contributed by atoms with E-state index in [9.17, 15) is 13.9 Å². The molecule has 0 saturated heterocycles. The van der Waals surface area contributed by atoms with Crippen LogP contribution in [0.25, 0.3) is 0 Å². The lowest BCUT2D eigenvalue weighted by molar-refractivity contribution is 0.0599. The number of hydrogen-bond acceptors (Lipinski definition) is 1. The average molecular weight is 297 g/mol. The summed E-state index contributed by atoms with van der Waals surface area (Å²) in [4.78, 5) is 0. The number of rotatable bonds is 4. The van der Waals surface area contributed by atoms with E-state index in [0.29, 0.717) is 17.0 Å². The van der Waals surface area contributed by atoms with Crippen LogP contribution in [0, 0.1) is 11.6 Å². The fraction of sp³-hybridized carbons (Fsp3) is 0.250. The van der Waals surface area contributed by atoms with Gasteiger partial charge in [-0.1, -0.05) is 23.7 Å². The first kappa shape index (κ1) is 14.9. The van der Waals surface area contributed by atoms with Crippen molar-refractivity contribution in [3.8, 4) is 0 Å². The topological polar surface area (TPSA) is 20.2 Å². The molecule has 0 radical (unpaired) electrons. The Morgan fingerprint density at radius 1 is 1.05 bits per heavy atom. The predicted molar refractivity (Wildman–Crippen MR) is 75.8 cm³/mol. The molecule has 1 unspecified atom stereocenters. The Bertz CT molecular complexity index is 594. The highest BCUT2D eigenvalue weighted by Crippen LogP contribution is 2.23. The van der Waals surface area contributed by atoms with Crippen LogP contribution in [0.3, 0.4) is 0 Å². The molecule has 1 atom stereocenters. The highest BCUT2D eigenvalue weighted by atomic mass is 35.5. The summed E-state index contributed by atoms with van der Waals surface area (Å²) in [5.74, 6) is -0.719. The molecule has 0 amide bonds. The first-order valence-corrected chi connectivity index (χ1v) is 6.64. The van der Waals surface area contributed by atoms with Crippen molar-refractivity contribution >= 4 is 11.6 Å². The molecule has 20 heavy (non-hydrogen) atoms. The summed E-state index contributed by atoms with van der Waals surface area (Å²) >= 11 is 5.83. The van der Waals surface area contributed by atoms with Crippen LogP contribution >= 0.6 is 11.6 Å². The van der Waals surface area contributed by atoms with Gasteiger partial charge in [-0.25, -0.2) is 8.78 Å². The molecule has 0 aromatic heterocycles. The van der Waals surface area contributed by atoms with Gasteiger partial charge in [-0.3, -0.25) is 0 Å². The van der Waals surface area contributed by atoms with Gasteiger partial charge in [0.2, 0.25) is 0 Å². The maximum absolute atomic E-state index is 13.7. The van der Waals surface area contributed by atoms with E-state index in [2.05, 4.69) is 0 Å². The van der Waals surface area contributed by atoms with E-state index in [0.717, 1.165) is 5.56 Å². The number of benzene rings is 2. The van der Waals surface area contributed by atoms with E-state index < -0.39 is 11.4 Å². The Balaban J connectivity index is 2.14. The highest BCUT2D eigenvalue weighted by molar-refractivity contribution is 6.30. The summed E-state index contributed by atoms with van der Waals surface area (Å²) in [6, 6.07) is 10.2. The summed E-state index contributed by atoms with van der Waals surface area (Å²) in [5, 5.41) is 10.8. The number of hydrogen-bond donors (Lipinski definition) is 1. The molecule has 4 heteroatoms. The van der Waals surface area contributed by atoms with Crippen molar-refractivity contribution in [2.24, 2.45) is 0 Å². The average Bonchev–Trinajstić information content (AvgIpc) is 2.36. The fourth-order valence-corrected chi connectivity index (χ4v) is 2.39. The molecule has 0 bridgehead atoms. The van der Waals surface area contributed by atoms with Gasteiger partial charge in [-0.2, -0.15) is 0 Å². The molecule has 0 aliphatic carbocycles. The number of halogens is 3. The van der Waals surface area contributed by atoms with Gasteiger partial charge >= 0.3 is 0 Å². The van der Waals surface area contributed by atoms with Gasteiger partial charge in [-0.05, 0) is 48.4 Å². The van der Waals surface area contributed by atoms with Gasteiger partial charge in [-0.15, -0.1) is 0 Å². The molecule has 0 aliphatic rings. The van der Waals surface area contributed by atoms with Gasteiger partial charge in [0.25, 0.3) is 0 Å². The Labute approximate surface area is 121 Å². The quantitative estimate of drug-likeness (QED) is 0.898. The zero-order valence-electron chi connectivity index (χ0n) is 11.0. The van der Waals surface area contributed by atoms with Gasteiger partial charge in [0.05, 0.1) is 5.60 Å². The molecule has 0 heterocycles. The monoisotopic (exact) mass is 296 g/mol. The van der Waals surface area contributed by atoms with Crippen LogP contribution in [0.5, 0.6) is 0 Å². The molecule has 1 nitrogen and oxygen atoms in total. The Morgan fingerprint density at radius 3 is 2.35 bits per heavy atom. The molecule has 2 aromatic carbocycles. The van der Waals surface area contributed by atoms with Crippen molar-refractivity contribution in [3.05, 3.63) is 70.2 Å². The van der Waals surface area contributed by atoms with Crippen LogP contribution in [-0.4, -0.2) is 10.7 Å². The first-order chi connectivity index (χ1) is 9.35. The molecular weight excluding hydrogens is 282 g/mol. The lowest BCUT2D eigenvalue weighted by Gasteiger charge is -2.24. The normalized spacial score (nSPS) is 14.1. The summed E-state index contributed by atoms with van der Waals surface area (Å²) in [6.45, 7) is 1.62. The SMILES string of the molecule is CC(O)(Cc1ccc(F)cc1)Cc1cc(Cl)ccc1F.